The van der Waals surface area contributed by atoms with Gasteiger partial charge in [-0.3, -0.25) is 9.69 Å². The van der Waals surface area contributed by atoms with E-state index in [1.165, 1.54) is 0 Å². The molecule has 3 N–H and O–H groups in total. The van der Waals surface area contributed by atoms with Crippen molar-refractivity contribution in [1.29, 1.82) is 0 Å². The Balaban J connectivity index is 4.08. The Bertz CT molecular complexity index is 146. The smallest absolute Gasteiger partial charge is 0.236 e. The topological polar surface area (TPSA) is 72.8 Å². The molecule has 0 aromatic heterocycles. The van der Waals surface area contributed by atoms with Crippen LogP contribution in [0.2, 0.25) is 0 Å². The predicted octanol–water partition coefficient (Wildman–Crippen LogP) is -1.59. The number of hydrogen-bond donors (Lipinski definition) is 3. The zero-order valence-corrected chi connectivity index (χ0v) is 8.16. The number of nitrogens with one attached hydrogen (secondary N) is 1. The fraction of sp³-hybridized carbons (Fsp3) is 0.875. The molecule has 78 valence electrons. The molecular weight excluding hydrogens is 172 g/mol. The second-order valence-corrected chi connectivity index (χ2v) is 2.77. The predicted molar refractivity (Wildman–Crippen MR) is 49.3 cm³/mol. The Morgan fingerprint density at radius 3 is 2.15 bits per heavy atom. The van der Waals surface area contributed by atoms with Crippen molar-refractivity contribution in [1.82, 2.24) is 10.2 Å². The number of carbonyl (C=O) groups is 1. The van der Waals surface area contributed by atoms with Crippen molar-refractivity contribution in [2.75, 3.05) is 33.4 Å². The average Bonchev–Trinajstić information content (AvgIpc) is 2.15. The lowest BCUT2D eigenvalue weighted by Gasteiger charge is -2.25. The lowest BCUT2D eigenvalue weighted by Crippen LogP contribution is -2.46. The van der Waals surface area contributed by atoms with Crippen LogP contribution in [0.4, 0.5) is 0 Å². The third kappa shape index (κ3) is 4.21. The van der Waals surface area contributed by atoms with Gasteiger partial charge in [-0.25, -0.2) is 0 Å². The van der Waals surface area contributed by atoms with Crippen LogP contribution in [0, 0.1) is 0 Å². The van der Waals surface area contributed by atoms with Gasteiger partial charge in [-0.05, 0) is 6.92 Å². The van der Waals surface area contributed by atoms with Crippen LogP contribution in [0.5, 0.6) is 0 Å². The number of amides is 1. The van der Waals surface area contributed by atoms with Crippen molar-refractivity contribution >= 4 is 5.91 Å². The van der Waals surface area contributed by atoms with Gasteiger partial charge in [0.15, 0.2) is 0 Å². The highest BCUT2D eigenvalue weighted by atomic mass is 16.3. The van der Waals surface area contributed by atoms with E-state index < -0.39 is 0 Å². The molecule has 0 bridgehead atoms. The summed E-state index contributed by atoms with van der Waals surface area (Å²) in [5.41, 5.74) is 0. The second-order valence-electron chi connectivity index (χ2n) is 2.77. The number of hydrogen-bond acceptors (Lipinski definition) is 4. The Hall–Kier alpha value is -0.650. The highest BCUT2D eigenvalue weighted by Gasteiger charge is 2.18. The molecule has 0 fully saturated rings. The van der Waals surface area contributed by atoms with Crippen LogP contribution in [0.25, 0.3) is 0 Å². The standard InChI is InChI=1S/C8H18N2O3/c1-7(8(13)9-2)10(3-5-11)4-6-12/h7,11-12H,3-6H2,1-2H3,(H,9,13). The third-order valence-corrected chi connectivity index (χ3v) is 1.95. The first-order chi connectivity index (χ1) is 6.17. The van der Waals surface area contributed by atoms with Gasteiger partial charge in [0.05, 0.1) is 19.3 Å². The molecule has 5 nitrogen and oxygen atoms in total. The van der Waals surface area contributed by atoms with Crippen LogP contribution in [0.15, 0.2) is 0 Å². The van der Waals surface area contributed by atoms with Gasteiger partial charge < -0.3 is 15.5 Å². The minimum Gasteiger partial charge on any atom is -0.395 e. The Morgan fingerprint density at radius 2 is 1.85 bits per heavy atom. The van der Waals surface area contributed by atoms with E-state index in [0.29, 0.717) is 13.1 Å². The molecule has 0 rings (SSSR count). The van der Waals surface area contributed by atoms with Crippen LogP contribution >= 0.6 is 0 Å². The first kappa shape index (κ1) is 12.3. The van der Waals surface area contributed by atoms with Crippen molar-refractivity contribution in [2.24, 2.45) is 0 Å². The summed E-state index contributed by atoms with van der Waals surface area (Å²) in [5.74, 6) is -0.109. The summed E-state index contributed by atoms with van der Waals surface area (Å²) < 4.78 is 0. The van der Waals surface area contributed by atoms with E-state index in [1.807, 2.05) is 0 Å². The molecule has 0 aliphatic carbocycles. The maximum atomic E-state index is 11.2. The molecule has 0 heterocycles. The molecule has 0 spiro atoms. The number of nitrogens with zero attached hydrogens (tertiary/aromatic N) is 1. The Morgan fingerprint density at radius 1 is 1.38 bits per heavy atom. The molecule has 0 saturated heterocycles. The zero-order valence-electron chi connectivity index (χ0n) is 8.16. The van der Waals surface area contributed by atoms with Crippen molar-refractivity contribution in [3.8, 4) is 0 Å². The van der Waals surface area contributed by atoms with Gasteiger partial charge in [-0.1, -0.05) is 0 Å². The van der Waals surface area contributed by atoms with Crippen molar-refractivity contribution in [3.63, 3.8) is 0 Å². The van der Waals surface area contributed by atoms with Gasteiger partial charge in [0.1, 0.15) is 0 Å². The number of aliphatic hydroxyl groups is 2. The number of carbonyl (C=O) groups excluding carboxylic acids is 1. The summed E-state index contributed by atoms with van der Waals surface area (Å²) in [5, 5.41) is 19.9. The average molecular weight is 190 g/mol. The molecule has 13 heavy (non-hydrogen) atoms. The van der Waals surface area contributed by atoms with Gasteiger partial charge in [0.2, 0.25) is 5.91 Å². The Labute approximate surface area is 78.4 Å². The van der Waals surface area contributed by atoms with Crippen LogP contribution in [0.3, 0.4) is 0 Å². The van der Waals surface area contributed by atoms with Gasteiger partial charge in [0, 0.05) is 20.1 Å². The van der Waals surface area contributed by atoms with E-state index in [4.69, 9.17) is 10.2 Å². The molecule has 0 saturated carbocycles. The molecule has 0 aliphatic rings. The highest BCUT2D eigenvalue weighted by Crippen LogP contribution is 1.97. The van der Waals surface area contributed by atoms with Gasteiger partial charge in [-0.15, -0.1) is 0 Å². The zero-order chi connectivity index (χ0) is 10.3. The Kier molecular flexibility index (Phi) is 6.48. The van der Waals surface area contributed by atoms with Gasteiger partial charge in [0.25, 0.3) is 0 Å². The fourth-order valence-electron chi connectivity index (χ4n) is 1.13. The third-order valence-electron chi connectivity index (χ3n) is 1.95. The second kappa shape index (κ2) is 6.82. The quantitative estimate of drug-likeness (QED) is 0.472. The van der Waals surface area contributed by atoms with Crippen molar-refractivity contribution in [3.05, 3.63) is 0 Å². The summed E-state index contributed by atoms with van der Waals surface area (Å²) in [4.78, 5) is 12.9. The number of rotatable bonds is 6. The van der Waals surface area contributed by atoms with E-state index in [-0.39, 0.29) is 25.2 Å². The summed E-state index contributed by atoms with van der Waals surface area (Å²) in [6, 6.07) is -0.315. The van der Waals surface area contributed by atoms with E-state index >= 15 is 0 Å². The summed E-state index contributed by atoms with van der Waals surface area (Å²) in [7, 11) is 1.56. The molecule has 0 aliphatic heterocycles. The van der Waals surface area contributed by atoms with E-state index in [2.05, 4.69) is 5.32 Å². The molecule has 1 unspecified atom stereocenters. The van der Waals surface area contributed by atoms with Gasteiger partial charge >= 0.3 is 0 Å². The normalized spacial score (nSPS) is 13.0. The molecular formula is C8H18N2O3. The van der Waals surface area contributed by atoms with Gasteiger partial charge in [-0.2, -0.15) is 0 Å². The highest BCUT2D eigenvalue weighted by molar-refractivity contribution is 5.80. The number of aliphatic hydroxyl groups excluding tert-OH is 2. The van der Waals surface area contributed by atoms with E-state index in [0.717, 1.165) is 0 Å². The molecule has 5 heteroatoms. The SMILES string of the molecule is CNC(=O)C(C)N(CCO)CCO. The molecule has 0 aromatic rings. The molecule has 1 atom stereocenters. The maximum absolute atomic E-state index is 11.2. The van der Waals surface area contributed by atoms with Crippen molar-refractivity contribution in [2.45, 2.75) is 13.0 Å². The molecule has 1 amide bonds. The maximum Gasteiger partial charge on any atom is 0.236 e. The monoisotopic (exact) mass is 190 g/mol. The largest absolute Gasteiger partial charge is 0.395 e. The van der Waals surface area contributed by atoms with Crippen molar-refractivity contribution < 1.29 is 15.0 Å². The molecule has 0 aromatic carbocycles. The summed E-state index contributed by atoms with van der Waals surface area (Å²) >= 11 is 0. The number of likely N-dealkylation sites (N-methyl/N-ethyl adjacent to an activating group) is 1. The minimum absolute atomic E-state index is 0.0126. The van der Waals surface area contributed by atoms with Crippen LogP contribution in [-0.2, 0) is 4.79 Å². The van der Waals surface area contributed by atoms with Crippen LogP contribution in [0.1, 0.15) is 6.92 Å². The first-order valence-corrected chi connectivity index (χ1v) is 4.34. The molecule has 0 radical (unpaired) electrons. The summed E-state index contributed by atoms with van der Waals surface area (Å²) in [6.07, 6.45) is 0. The lowest BCUT2D eigenvalue weighted by molar-refractivity contribution is -0.125. The van der Waals surface area contributed by atoms with E-state index in [1.54, 1.807) is 18.9 Å². The van der Waals surface area contributed by atoms with E-state index in [9.17, 15) is 4.79 Å². The first-order valence-electron chi connectivity index (χ1n) is 4.34. The van der Waals surface area contributed by atoms with Crippen LogP contribution in [-0.4, -0.2) is 60.4 Å². The minimum atomic E-state index is -0.315. The van der Waals surface area contributed by atoms with Crippen LogP contribution < -0.4 is 5.32 Å². The summed E-state index contributed by atoms with van der Waals surface area (Å²) in [6.45, 7) is 2.51. The lowest BCUT2D eigenvalue weighted by atomic mass is 10.2. The fourth-order valence-corrected chi connectivity index (χ4v) is 1.13.